The van der Waals surface area contributed by atoms with Crippen LogP contribution in [0.25, 0.3) is 10.2 Å². The number of halogens is 1. The van der Waals surface area contributed by atoms with Gasteiger partial charge in [0, 0.05) is 23.2 Å². The summed E-state index contributed by atoms with van der Waals surface area (Å²) in [5.41, 5.74) is 3.00. The highest BCUT2D eigenvalue weighted by atomic mass is 35.5. The number of aryl methyl sites for hydroxylation is 1. The molecule has 1 atom stereocenters. The monoisotopic (exact) mass is 553 g/mol. The summed E-state index contributed by atoms with van der Waals surface area (Å²) in [6, 6.07) is 19.7. The minimum Gasteiger partial charge on any atom is -0.279 e. The van der Waals surface area contributed by atoms with Crippen molar-refractivity contribution in [3.63, 3.8) is 0 Å². The van der Waals surface area contributed by atoms with Crippen molar-refractivity contribution in [2.45, 2.75) is 50.6 Å². The number of hydrogen-bond donors (Lipinski definition) is 0. The van der Waals surface area contributed by atoms with E-state index < -0.39 is 10.0 Å². The summed E-state index contributed by atoms with van der Waals surface area (Å²) in [5, 5.41) is 1.19. The molecular formula is C28H28ClN3O3S2. The van der Waals surface area contributed by atoms with E-state index in [1.807, 2.05) is 56.3 Å². The molecule has 4 aromatic rings. The second kappa shape index (κ2) is 10.5. The van der Waals surface area contributed by atoms with Crippen molar-refractivity contribution in [3.8, 4) is 0 Å². The molecule has 9 heteroatoms. The van der Waals surface area contributed by atoms with Crippen molar-refractivity contribution in [1.82, 2.24) is 9.29 Å². The molecule has 1 aliphatic heterocycles. The first-order chi connectivity index (χ1) is 17.8. The fourth-order valence-corrected chi connectivity index (χ4v) is 7.56. The van der Waals surface area contributed by atoms with E-state index in [0.717, 1.165) is 40.6 Å². The van der Waals surface area contributed by atoms with E-state index >= 15 is 0 Å². The lowest BCUT2D eigenvalue weighted by Crippen LogP contribution is -2.41. The lowest BCUT2D eigenvalue weighted by atomic mass is 10.1. The Bertz CT molecular complexity index is 1540. The van der Waals surface area contributed by atoms with Gasteiger partial charge in [-0.15, -0.1) is 0 Å². The lowest BCUT2D eigenvalue weighted by Gasteiger charge is -2.32. The van der Waals surface area contributed by atoms with Crippen molar-refractivity contribution in [2.75, 3.05) is 11.4 Å². The van der Waals surface area contributed by atoms with E-state index in [0.29, 0.717) is 28.8 Å². The molecule has 5 rings (SSSR count). The maximum atomic E-state index is 13.8. The highest BCUT2D eigenvalue weighted by Crippen LogP contribution is 2.35. The average molecular weight is 554 g/mol. The Kier molecular flexibility index (Phi) is 7.36. The quantitative estimate of drug-likeness (QED) is 0.267. The molecule has 0 saturated carbocycles. The van der Waals surface area contributed by atoms with Gasteiger partial charge < -0.3 is 0 Å². The molecule has 6 nitrogen and oxygen atoms in total. The first-order valence-electron chi connectivity index (χ1n) is 12.3. The van der Waals surface area contributed by atoms with Gasteiger partial charge >= 0.3 is 0 Å². The van der Waals surface area contributed by atoms with Crippen LogP contribution < -0.4 is 4.90 Å². The molecule has 0 N–H and O–H groups in total. The third-order valence-corrected chi connectivity index (χ3v) is 10.3. The molecule has 1 fully saturated rings. The van der Waals surface area contributed by atoms with E-state index in [2.05, 4.69) is 0 Å². The number of anilines is 1. The van der Waals surface area contributed by atoms with Gasteiger partial charge in [0.15, 0.2) is 5.13 Å². The third-order valence-electron chi connectivity index (χ3n) is 6.85. The average Bonchev–Trinajstić information content (AvgIpc) is 3.35. The molecule has 3 aromatic carbocycles. The number of benzene rings is 3. The summed E-state index contributed by atoms with van der Waals surface area (Å²) >= 11 is 7.74. The van der Waals surface area contributed by atoms with Crippen LogP contribution in [0.2, 0.25) is 5.02 Å². The van der Waals surface area contributed by atoms with Crippen LogP contribution in [-0.4, -0.2) is 36.2 Å². The zero-order valence-corrected chi connectivity index (χ0v) is 23.1. The largest absolute Gasteiger partial charge is 0.279 e. The van der Waals surface area contributed by atoms with Gasteiger partial charge in [0.1, 0.15) is 0 Å². The number of rotatable bonds is 6. The van der Waals surface area contributed by atoms with Crippen LogP contribution in [0.5, 0.6) is 0 Å². The van der Waals surface area contributed by atoms with Crippen molar-refractivity contribution >= 4 is 54.2 Å². The normalized spacial score (nSPS) is 16.7. The van der Waals surface area contributed by atoms with E-state index in [-0.39, 0.29) is 16.8 Å². The Morgan fingerprint density at radius 2 is 1.81 bits per heavy atom. The second-order valence-corrected chi connectivity index (χ2v) is 12.7. The van der Waals surface area contributed by atoms with Gasteiger partial charge in [0.25, 0.3) is 5.91 Å². The Hall–Kier alpha value is -2.78. The van der Waals surface area contributed by atoms with Gasteiger partial charge in [0.2, 0.25) is 10.0 Å². The van der Waals surface area contributed by atoms with Gasteiger partial charge in [-0.25, -0.2) is 13.4 Å². The predicted octanol–water partition coefficient (Wildman–Crippen LogP) is 6.67. The number of thiazole rings is 1. The van der Waals surface area contributed by atoms with Gasteiger partial charge in [-0.1, -0.05) is 59.7 Å². The SMILES string of the molecule is Cc1c(Cl)ccc2sc(N(Cc3ccccc3)C(=O)c3ccc(S(=O)(=O)N4CCCCC4C)cc3)nc12. The minimum atomic E-state index is -3.62. The van der Waals surface area contributed by atoms with Gasteiger partial charge in [-0.2, -0.15) is 4.31 Å². The van der Waals surface area contributed by atoms with Crippen LogP contribution in [0.3, 0.4) is 0 Å². The van der Waals surface area contributed by atoms with Crippen LogP contribution in [0.4, 0.5) is 5.13 Å². The molecule has 37 heavy (non-hydrogen) atoms. The number of aromatic nitrogens is 1. The molecule has 0 radical (unpaired) electrons. The van der Waals surface area contributed by atoms with E-state index in [4.69, 9.17) is 16.6 Å². The Labute approximate surface area is 226 Å². The number of nitrogens with zero attached hydrogens (tertiary/aromatic N) is 3. The molecule has 1 aliphatic rings. The number of carbonyl (C=O) groups is 1. The maximum absolute atomic E-state index is 13.8. The van der Waals surface area contributed by atoms with E-state index in [1.54, 1.807) is 21.3 Å². The van der Waals surface area contributed by atoms with Crippen molar-refractivity contribution in [3.05, 3.63) is 88.4 Å². The van der Waals surface area contributed by atoms with Crippen LogP contribution in [0.15, 0.2) is 71.6 Å². The Morgan fingerprint density at radius 1 is 1.08 bits per heavy atom. The summed E-state index contributed by atoms with van der Waals surface area (Å²) < 4.78 is 29.0. The minimum absolute atomic E-state index is 0.0302. The fourth-order valence-electron chi connectivity index (χ4n) is 4.69. The number of sulfonamides is 1. The summed E-state index contributed by atoms with van der Waals surface area (Å²) in [6.07, 6.45) is 2.76. The number of amides is 1. The molecule has 1 aromatic heterocycles. The van der Waals surface area contributed by atoms with Gasteiger partial charge in [0.05, 0.1) is 21.7 Å². The molecular weight excluding hydrogens is 526 g/mol. The zero-order chi connectivity index (χ0) is 26.2. The Balaban J connectivity index is 1.49. The highest BCUT2D eigenvalue weighted by Gasteiger charge is 2.31. The molecule has 192 valence electrons. The standard InChI is InChI=1S/C28H28ClN3O3S2/c1-19-8-6-7-17-32(19)37(34,35)23-13-11-22(12-14-23)27(33)31(18-21-9-4-3-5-10-21)28-30-26-20(2)24(29)15-16-25(26)36-28/h3-5,9-16,19H,6-8,17-18H2,1-2H3. The maximum Gasteiger partial charge on any atom is 0.260 e. The summed E-state index contributed by atoms with van der Waals surface area (Å²) in [6.45, 7) is 4.72. The molecule has 1 saturated heterocycles. The van der Waals surface area contributed by atoms with Crippen LogP contribution in [0.1, 0.15) is 47.7 Å². The first-order valence-corrected chi connectivity index (χ1v) is 14.9. The van der Waals surface area contributed by atoms with Crippen LogP contribution in [-0.2, 0) is 16.6 Å². The summed E-state index contributed by atoms with van der Waals surface area (Å²) in [7, 11) is -3.62. The first kappa shape index (κ1) is 25.9. The molecule has 1 amide bonds. The highest BCUT2D eigenvalue weighted by molar-refractivity contribution is 7.89. The molecule has 1 unspecified atom stereocenters. The fraction of sp³-hybridized carbons (Fsp3) is 0.286. The van der Waals surface area contributed by atoms with Crippen LogP contribution in [0, 0.1) is 6.92 Å². The molecule has 0 aliphatic carbocycles. The molecule has 2 heterocycles. The number of fused-ring (bicyclic) bond motifs is 1. The predicted molar refractivity (Wildman–Crippen MR) is 150 cm³/mol. The van der Waals surface area contributed by atoms with Crippen molar-refractivity contribution < 1.29 is 13.2 Å². The van der Waals surface area contributed by atoms with Crippen molar-refractivity contribution in [2.24, 2.45) is 0 Å². The second-order valence-electron chi connectivity index (χ2n) is 9.38. The van der Waals surface area contributed by atoms with Gasteiger partial charge in [-0.05, 0) is 74.2 Å². The number of piperidine rings is 1. The smallest absolute Gasteiger partial charge is 0.260 e. The van der Waals surface area contributed by atoms with Gasteiger partial charge in [-0.3, -0.25) is 9.69 Å². The summed E-state index contributed by atoms with van der Waals surface area (Å²) in [5.74, 6) is -0.248. The summed E-state index contributed by atoms with van der Waals surface area (Å²) in [4.78, 5) is 20.4. The van der Waals surface area contributed by atoms with Crippen molar-refractivity contribution in [1.29, 1.82) is 0 Å². The number of hydrogen-bond acceptors (Lipinski definition) is 5. The van der Waals surface area contributed by atoms with E-state index in [1.165, 1.54) is 23.5 Å². The van der Waals surface area contributed by atoms with E-state index in [9.17, 15) is 13.2 Å². The Morgan fingerprint density at radius 3 is 2.51 bits per heavy atom. The third kappa shape index (κ3) is 5.16. The zero-order valence-electron chi connectivity index (χ0n) is 20.7. The number of carbonyl (C=O) groups excluding carboxylic acids is 1. The van der Waals surface area contributed by atoms with Crippen LogP contribution >= 0.6 is 22.9 Å². The molecule has 0 bridgehead atoms. The topological polar surface area (TPSA) is 70.6 Å². The molecule has 0 spiro atoms. The lowest BCUT2D eigenvalue weighted by molar-refractivity contribution is 0.0985.